The van der Waals surface area contributed by atoms with Crippen LogP contribution in [-0.4, -0.2) is 24.0 Å². The van der Waals surface area contributed by atoms with Crippen LogP contribution in [0.15, 0.2) is 42.5 Å². The average Bonchev–Trinajstić information content (AvgIpc) is 2.63. The van der Waals surface area contributed by atoms with Crippen molar-refractivity contribution in [3.63, 3.8) is 0 Å². The summed E-state index contributed by atoms with van der Waals surface area (Å²) in [6.45, 7) is 4.77. The topological polar surface area (TPSA) is 76.7 Å². The van der Waals surface area contributed by atoms with Gasteiger partial charge in [-0.2, -0.15) is 0 Å². The van der Waals surface area contributed by atoms with Gasteiger partial charge in [-0.15, -0.1) is 0 Å². The molecule has 0 aliphatic carbocycles. The molecule has 2 aromatic rings. The number of nitrogens with one attached hydrogen (secondary N) is 2. The number of hydrazine groups is 1. The zero-order chi connectivity index (χ0) is 20.0. The third kappa shape index (κ3) is 5.86. The number of aryl methyl sites for hydroxylation is 1. The lowest BCUT2D eigenvalue weighted by molar-refractivity contribution is -0.135. The Bertz CT molecular complexity index is 831. The molecule has 0 radical (unpaired) electrons. The third-order valence-corrected chi connectivity index (χ3v) is 3.86. The lowest BCUT2D eigenvalue weighted by atomic mass is 10.2. The molecule has 0 fully saturated rings. The van der Waals surface area contributed by atoms with Gasteiger partial charge >= 0.3 is 0 Å². The molecule has 0 saturated carbocycles. The van der Waals surface area contributed by atoms with E-state index in [4.69, 9.17) is 21.1 Å². The van der Waals surface area contributed by atoms with E-state index in [0.717, 1.165) is 5.56 Å². The van der Waals surface area contributed by atoms with Gasteiger partial charge < -0.3 is 9.47 Å². The first kappa shape index (κ1) is 20.5. The van der Waals surface area contributed by atoms with Crippen LogP contribution in [0.4, 0.5) is 4.39 Å². The molecule has 0 aliphatic heterocycles. The first-order valence-electron chi connectivity index (χ1n) is 8.21. The van der Waals surface area contributed by atoms with Crippen molar-refractivity contribution in [3.8, 4) is 11.5 Å². The second-order valence-electron chi connectivity index (χ2n) is 5.84. The summed E-state index contributed by atoms with van der Waals surface area (Å²) in [7, 11) is 0. The summed E-state index contributed by atoms with van der Waals surface area (Å²) in [6.07, 6.45) is -1.88. The van der Waals surface area contributed by atoms with Crippen molar-refractivity contribution in [2.75, 3.05) is 0 Å². The van der Waals surface area contributed by atoms with Gasteiger partial charge in [-0.05, 0) is 56.7 Å². The summed E-state index contributed by atoms with van der Waals surface area (Å²) in [5.74, 6) is -1.33. The minimum atomic E-state index is -1.02. The van der Waals surface area contributed by atoms with E-state index in [0.29, 0.717) is 10.8 Å². The van der Waals surface area contributed by atoms with Crippen molar-refractivity contribution < 1.29 is 23.5 Å². The molecule has 0 aliphatic rings. The predicted octanol–water partition coefficient (Wildman–Crippen LogP) is 3.17. The number of para-hydroxylation sites is 1. The fourth-order valence-corrected chi connectivity index (χ4v) is 2.33. The minimum Gasteiger partial charge on any atom is -0.481 e. The summed E-state index contributed by atoms with van der Waals surface area (Å²) < 4.78 is 24.3. The number of hydrogen-bond donors (Lipinski definition) is 2. The number of amides is 2. The summed E-state index contributed by atoms with van der Waals surface area (Å²) >= 11 is 5.88. The molecular weight excluding hydrogens is 375 g/mol. The highest BCUT2D eigenvalue weighted by Crippen LogP contribution is 2.22. The van der Waals surface area contributed by atoms with Gasteiger partial charge in [-0.1, -0.05) is 23.7 Å². The molecule has 0 aromatic heterocycles. The van der Waals surface area contributed by atoms with Gasteiger partial charge in [0.05, 0.1) is 0 Å². The van der Waals surface area contributed by atoms with Gasteiger partial charge in [0.2, 0.25) is 0 Å². The molecule has 2 atom stereocenters. The molecule has 2 amide bonds. The van der Waals surface area contributed by atoms with Crippen LogP contribution < -0.4 is 20.3 Å². The smallest absolute Gasteiger partial charge is 0.279 e. The highest BCUT2D eigenvalue weighted by Gasteiger charge is 2.20. The molecule has 0 heterocycles. The van der Waals surface area contributed by atoms with E-state index < -0.39 is 29.8 Å². The normalized spacial score (nSPS) is 12.6. The van der Waals surface area contributed by atoms with Crippen molar-refractivity contribution >= 4 is 23.4 Å². The largest absolute Gasteiger partial charge is 0.481 e. The Kier molecular flexibility index (Phi) is 7.01. The van der Waals surface area contributed by atoms with E-state index in [2.05, 4.69) is 10.9 Å². The highest BCUT2D eigenvalue weighted by molar-refractivity contribution is 6.30. The molecule has 2 aromatic carbocycles. The predicted molar refractivity (Wildman–Crippen MR) is 99.1 cm³/mol. The fourth-order valence-electron chi connectivity index (χ4n) is 2.10. The number of ether oxygens (including phenoxy) is 2. The van der Waals surface area contributed by atoms with E-state index >= 15 is 0 Å². The SMILES string of the molecule is Cc1cc(Cl)ccc1OC(C)C(=O)NNC(=O)C(C)Oc1ccccc1F. The molecule has 0 saturated heterocycles. The van der Waals surface area contributed by atoms with Crippen molar-refractivity contribution in [1.29, 1.82) is 0 Å². The number of halogens is 2. The lowest BCUT2D eigenvalue weighted by Crippen LogP contribution is -2.50. The number of hydrogen-bond acceptors (Lipinski definition) is 4. The van der Waals surface area contributed by atoms with Gasteiger partial charge in [0.25, 0.3) is 11.8 Å². The molecule has 2 unspecified atom stereocenters. The van der Waals surface area contributed by atoms with Crippen LogP contribution in [0.5, 0.6) is 11.5 Å². The van der Waals surface area contributed by atoms with Crippen molar-refractivity contribution in [2.45, 2.75) is 33.0 Å². The van der Waals surface area contributed by atoms with Crippen LogP contribution in [-0.2, 0) is 9.59 Å². The van der Waals surface area contributed by atoms with Crippen LogP contribution in [0.1, 0.15) is 19.4 Å². The number of carbonyl (C=O) groups is 2. The van der Waals surface area contributed by atoms with Crippen molar-refractivity contribution in [3.05, 3.63) is 58.9 Å². The van der Waals surface area contributed by atoms with Gasteiger partial charge in [0.1, 0.15) is 5.75 Å². The Morgan fingerprint density at radius 2 is 1.52 bits per heavy atom. The molecule has 2 rings (SSSR count). The molecule has 0 bridgehead atoms. The van der Waals surface area contributed by atoms with E-state index in [1.165, 1.54) is 32.0 Å². The highest BCUT2D eigenvalue weighted by atomic mass is 35.5. The quantitative estimate of drug-likeness (QED) is 0.738. The Morgan fingerprint density at radius 1 is 0.963 bits per heavy atom. The molecule has 0 spiro atoms. The Hall–Kier alpha value is -2.80. The maximum atomic E-state index is 13.5. The second-order valence-corrected chi connectivity index (χ2v) is 6.28. The maximum absolute atomic E-state index is 13.5. The number of carbonyl (C=O) groups excluding carboxylic acids is 2. The average molecular weight is 395 g/mol. The summed E-state index contributed by atoms with van der Waals surface area (Å²) in [4.78, 5) is 24.1. The zero-order valence-electron chi connectivity index (χ0n) is 15.1. The van der Waals surface area contributed by atoms with E-state index in [1.54, 1.807) is 31.2 Å². The minimum absolute atomic E-state index is 0.0543. The molecule has 2 N–H and O–H groups in total. The summed E-state index contributed by atoms with van der Waals surface area (Å²) in [5, 5.41) is 0.563. The molecule has 144 valence electrons. The van der Waals surface area contributed by atoms with Crippen LogP contribution in [0.2, 0.25) is 5.02 Å². The van der Waals surface area contributed by atoms with Crippen molar-refractivity contribution in [1.82, 2.24) is 10.9 Å². The maximum Gasteiger partial charge on any atom is 0.279 e. The van der Waals surface area contributed by atoms with Gasteiger partial charge in [0.15, 0.2) is 23.8 Å². The van der Waals surface area contributed by atoms with Gasteiger partial charge in [-0.25, -0.2) is 4.39 Å². The third-order valence-electron chi connectivity index (χ3n) is 3.63. The Balaban J connectivity index is 1.84. The van der Waals surface area contributed by atoms with E-state index in [-0.39, 0.29) is 5.75 Å². The van der Waals surface area contributed by atoms with E-state index in [1.807, 2.05) is 0 Å². The monoisotopic (exact) mass is 394 g/mol. The molecule has 8 heteroatoms. The summed E-state index contributed by atoms with van der Waals surface area (Å²) in [6, 6.07) is 10.7. The number of rotatable bonds is 6. The number of benzene rings is 2. The molecule has 27 heavy (non-hydrogen) atoms. The fraction of sp³-hybridized carbons (Fsp3) is 0.263. The first-order chi connectivity index (χ1) is 12.8. The van der Waals surface area contributed by atoms with Crippen LogP contribution in [0, 0.1) is 12.7 Å². The van der Waals surface area contributed by atoms with Crippen molar-refractivity contribution in [2.24, 2.45) is 0 Å². The van der Waals surface area contributed by atoms with Crippen LogP contribution in [0.25, 0.3) is 0 Å². The van der Waals surface area contributed by atoms with Crippen LogP contribution >= 0.6 is 11.6 Å². The van der Waals surface area contributed by atoms with Gasteiger partial charge in [0, 0.05) is 5.02 Å². The second kappa shape index (κ2) is 9.23. The van der Waals surface area contributed by atoms with Gasteiger partial charge in [-0.3, -0.25) is 20.4 Å². The molecule has 6 nitrogen and oxygen atoms in total. The lowest BCUT2D eigenvalue weighted by Gasteiger charge is -2.18. The zero-order valence-corrected chi connectivity index (χ0v) is 15.8. The standard InChI is InChI=1S/C19H20ClFN2O4/c1-11-10-14(20)8-9-16(11)26-12(2)18(24)22-23-19(25)13(3)27-17-7-5-4-6-15(17)21/h4-10,12-13H,1-3H3,(H,22,24)(H,23,25). The first-order valence-corrected chi connectivity index (χ1v) is 8.59. The summed E-state index contributed by atoms with van der Waals surface area (Å²) in [5.41, 5.74) is 5.25. The van der Waals surface area contributed by atoms with Crippen LogP contribution in [0.3, 0.4) is 0 Å². The Labute approximate surface area is 161 Å². The Morgan fingerprint density at radius 3 is 2.07 bits per heavy atom. The molecular formula is C19H20ClFN2O4. The van der Waals surface area contributed by atoms with E-state index in [9.17, 15) is 14.0 Å².